The quantitative estimate of drug-likeness (QED) is 0.775. The number of hydrogen-bond acceptors (Lipinski definition) is 3. The maximum Gasteiger partial charge on any atom is 0.305 e. The number of halogens is 1. The Morgan fingerprint density at radius 3 is 2.50 bits per heavy atom. The molecule has 0 radical (unpaired) electrons. The third-order valence-electron chi connectivity index (χ3n) is 3.63. The summed E-state index contributed by atoms with van der Waals surface area (Å²) in [6.45, 7) is 2.37. The lowest BCUT2D eigenvalue weighted by atomic mass is 9.89. The summed E-state index contributed by atoms with van der Waals surface area (Å²) in [6.07, 6.45) is 6.82. The van der Waals surface area contributed by atoms with Gasteiger partial charge in [0.2, 0.25) is 0 Å². The van der Waals surface area contributed by atoms with E-state index < -0.39 is 0 Å². The van der Waals surface area contributed by atoms with Gasteiger partial charge in [-0.15, -0.1) is 12.4 Å². The summed E-state index contributed by atoms with van der Waals surface area (Å²) >= 11 is 0. The van der Waals surface area contributed by atoms with Crippen molar-refractivity contribution in [3.05, 3.63) is 0 Å². The number of esters is 1. The highest BCUT2D eigenvalue weighted by Crippen LogP contribution is 2.33. The Morgan fingerprint density at radius 1 is 1.31 bits per heavy atom. The molecule has 4 heteroatoms. The fraction of sp³-hybridized carbons (Fsp3) is 0.917. The molecule has 2 saturated heterocycles. The Hall–Kier alpha value is -0.280. The molecular formula is C12H22ClNO2. The van der Waals surface area contributed by atoms with Crippen LogP contribution in [0.15, 0.2) is 0 Å². The Morgan fingerprint density at radius 2 is 1.94 bits per heavy atom. The van der Waals surface area contributed by atoms with Gasteiger partial charge in [-0.25, -0.2) is 0 Å². The zero-order chi connectivity index (χ0) is 10.7. The first-order valence-electron chi connectivity index (χ1n) is 6.19. The summed E-state index contributed by atoms with van der Waals surface area (Å²) in [5.41, 5.74) is 0. The third-order valence-corrected chi connectivity index (χ3v) is 3.63. The van der Waals surface area contributed by atoms with Crippen molar-refractivity contribution in [1.82, 2.24) is 5.32 Å². The molecule has 2 heterocycles. The molecule has 2 fully saturated rings. The van der Waals surface area contributed by atoms with E-state index in [1.165, 1.54) is 25.7 Å². The SMILES string of the molecule is CCOC(=O)CCC1CC2CCC(C1)N2.Cl. The van der Waals surface area contributed by atoms with Crippen LogP contribution < -0.4 is 5.32 Å². The smallest absolute Gasteiger partial charge is 0.305 e. The van der Waals surface area contributed by atoms with E-state index in [0.717, 1.165) is 24.4 Å². The summed E-state index contributed by atoms with van der Waals surface area (Å²) in [4.78, 5) is 11.2. The van der Waals surface area contributed by atoms with Crippen molar-refractivity contribution in [2.24, 2.45) is 5.92 Å². The van der Waals surface area contributed by atoms with Gasteiger partial charge in [-0.1, -0.05) is 0 Å². The largest absolute Gasteiger partial charge is 0.466 e. The maximum absolute atomic E-state index is 11.2. The molecule has 94 valence electrons. The Labute approximate surface area is 104 Å². The van der Waals surface area contributed by atoms with E-state index in [0.29, 0.717) is 13.0 Å². The number of rotatable bonds is 4. The number of ether oxygens (including phenoxy) is 1. The fourth-order valence-electron chi connectivity index (χ4n) is 2.97. The second-order valence-electron chi connectivity index (χ2n) is 4.82. The van der Waals surface area contributed by atoms with Crippen molar-refractivity contribution in [1.29, 1.82) is 0 Å². The van der Waals surface area contributed by atoms with Gasteiger partial charge in [0.25, 0.3) is 0 Å². The van der Waals surface area contributed by atoms with Crippen molar-refractivity contribution in [2.75, 3.05) is 6.61 Å². The van der Waals surface area contributed by atoms with Crippen molar-refractivity contribution in [3.8, 4) is 0 Å². The molecule has 0 aliphatic carbocycles. The highest BCUT2D eigenvalue weighted by Gasteiger charge is 2.33. The van der Waals surface area contributed by atoms with E-state index in [4.69, 9.17) is 4.74 Å². The monoisotopic (exact) mass is 247 g/mol. The molecule has 1 N–H and O–H groups in total. The highest BCUT2D eigenvalue weighted by molar-refractivity contribution is 5.85. The van der Waals surface area contributed by atoms with Crippen LogP contribution >= 0.6 is 12.4 Å². The molecule has 0 saturated carbocycles. The minimum atomic E-state index is -0.0246. The second kappa shape index (κ2) is 6.45. The molecule has 2 unspecified atom stereocenters. The minimum absolute atomic E-state index is 0. The van der Waals surface area contributed by atoms with Crippen molar-refractivity contribution in [2.45, 2.75) is 57.5 Å². The van der Waals surface area contributed by atoms with Crippen LogP contribution in [-0.2, 0) is 9.53 Å². The molecule has 2 atom stereocenters. The maximum atomic E-state index is 11.2. The van der Waals surface area contributed by atoms with Crippen LogP contribution in [0.4, 0.5) is 0 Å². The predicted octanol–water partition coefficient (Wildman–Crippen LogP) is 2.28. The van der Waals surface area contributed by atoms with Crippen LogP contribution in [0.3, 0.4) is 0 Å². The molecule has 2 bridgehead atoms. The summed E-state index contributed by atoms with van der Waals surface area (Å²) in [6, 6.07) is 1.46. The molecule has 2 aliphatic heterocycles. The van der Waals surface area contributed by atoms with Crippen molar-refractivity contribution >= 4 is 18.4 Å². The van der Waals surface area contributed by atoms with E-state index in [2.05, 4.69) is 5.32 Å². The lowest BCUT2D eigenvalue weighted by molar-refractivity contribution is -0.143. The molecule has 3 nitrogen and oxygen atoms in total. The summed E-state index contributed by atoms with van der Waals surface area (Å²) in [5.74, 6) is 0.719. The van der Waals surface area contributed by atoms with E-state index in [-0.39, 0.29) is 18.4 Å². The van der Waals surface area contributed by atoms with Gasteiger partial charge in [-0.05, 0) is 44.9 Å². The molecule has 2 rings (SSSR count). The summed E-state index contributed by atoms with van der Waals surface area (Å²) in [7, 11) is 0. The molecule has 0 aromatic heterocycles. The van der Waals surface area contributed by atoms with Gasteiger partial charge >= 0.3 is 5.97 Å². The normalized spacial score (nSPS) is 31.9. The lowest BCUT2D eigenvalue weighted by Crippen LogP contribution is -2.38. The first kappa shape index (κ1) is 13.8. The van der Waals surface area contributed by atoms with Crippen LogP contribution in [0, 0.1) is 5.92 Å². The molecule has 0 aromatic rings. The van der Waals surface area contributed by atoms with Gasteiger partial charge in [-0.3, -0.25) is 4.79 Å². The zero-order valence-electron chi connectivity index (χ0n) is 9.91. The lowest BCUT2D eigenvalue weighted by Gasteiger charge is -2.28. The number of fused-ring (bicyclic) bond motifs is 2. The van der Waals surface area contributed by atoms with Crippen molar-refractivity contribution in [3.63, 3.8) is 0 Å². The number of carbonyl (C=O) groups is 1. The molecule has 0 spiro atoms. The molecule has 2 aliphatic rings. The van der Waals surface area contributed by atoms with Gasteiger partial charge in [0.05, 0.1) is 6.61 Å². The second-order valence-corrected chi connectivity index (χ2v) is 4.82. The van der Waals surface area contributed by atoms with Crippen LogP contribution in [0.2, 0.25) is 0 Å². The molecular weight excluding hydrogens is 226 g/mol. The number of piperidine rings is 1. The van der Waals surface area contributed by atoms with E-state index in [9.17, 15) is 4.79 Å². The highest BCUT2D eigenvalue weighted by atomic mass is 35.5. The number of nitrogens with one attached hydrogen (secondary N) is 1. The number of hydrogen-bond donors (Lipinski definition) is 1. The standard InChI is InChI=1S/C12H21NO2.ClH/c1-2-15-12(14)6-3-9-7-10-4-5-11(8-9)13-10;/h9-11,13H,2-8H2,1H3;1H. The predicted molar refractivity (Wildman–Crippen MR) is 65.8 cm³/mol. The van der Waals surface area contributed by atoms with E-state index in [1.54, 1.807) is 0 Å². The van der Waals surface area contributed by atoms with E-state index in [1.807, 2.05) is 6.92 Å². The minimum Gasteiger partial charge on any atom is -0.466 e. The summed E-state index contributed by atoms with van der Waals surface area (Å²) < 4.78 is 4.95. The first-order valence-corrected chi connectivity index (χ1v) is 6.19. The molecule has 0 aromatic carbocycles. The van der Waals surface area contributed by atoms with Crippen LogP contribution in [-0.4, -0.2) is 24.7 Å². The van der Waals surface area contributed by atoms with Gasteiger partial charge in [-0.2, -0.15) is 0 Å². The molecule has 0 amide bonds. The number of carbonyl (C=O) groups excluding carboxylic acids is 1. The molecule has 16 heavy (non-hydrogen) atoms. The Kier molecular flexibility index (Phi) is 5.56. The topological polar surface area (TPSA) is 38.3 Å². The van der Waals surface area contributed by atoms with Gasteiger partial charge in [0, 0.05) is 18.5 Å². The van der Waals surface area contributed by atoms with Crippen LogP contribution in [0.5, 0.6) is 0 Å². The Balaban J connectivity index is 0.00000128. The zero-order valence-corrected chi connectivity index (χ0v) is 10.7. The fourth-order valence-corrected chi connectivity index (χ4v) is 2.97. The third kappa shape index (κ3) is 3.63. The van der Waals surface area contributed by atoms with E-state index >= 15 is 0 Å². The van der Waals surface area contributed by atoms with Gasteiger partial charge in [0.1, 0.15) is 0 Å². The van der Waals surface area contributed by atoms with Gasteiger partial charge in [0.15, 0.2) is 0 Å². The van der Waals surface area contributed by atoms with Crippen molar-refractivity contribution < 1.29 is 9.53 Å². The Bertz CT molecular complexity index is 223. The van der Waals surface area contributed by atoms with Crippen LogP contribution in [0.1, 0.15) is 45.4 Å². The average molecular weight is 248 g/mol. The average Bonchev–Trinajstić information content (AvgIpc) is 2.56. The van der Waals surface area contributed by atoms with Crippen LogP contribution in [0.25, 0.3) is 0 Å². The summed E-state index contributed by atoms with van der Waals surface area (Å²) in [5, 5.41) is 3.62. The van der Waals surface area contributed by atoms with Gasteiger partial charge < -0.3 is 10.1 Å². The first-order chi connectivity index (χ1) is 7.28.